The molecule has 0 saturated carbocycles. The Bertz CT molecular complexity index is 567. The minimum absolute atomic E-state index is 0.127. The van der Waals surface area contributed by atoms with Crippen molar-refractivity contribution in [3.05, 3.63) is 34.5 Å². The first-order valence-electron chi connectivity index (χ1n) is 5.23. The van der Waals surface area contributed by atoms with Crippen LogP contribution in [0.25, 0.3) is 10.9 Å². The summed E-state index contributed by atoms with van der Waals surface area (Å²) >= 11 is 0. The number of aromatic nitrogens is 1. The van der Waals surface area contributed by atoms with Gasteiger partial charge < -0.3 is 10.7 Å². The fourth-order valence-corrected chi connectivity index (χ4v) is 2.16. The van der Waals surface area contributed by atoms with E-state index in [1.54, 1.807) is 13.0 Å². The van der Waals surface area contributed by atoms with Crippen molar-refractivity contribution in [2.45, 2.75) is 26.6 Å². The van der Waals surface area contributed by atoms with Crippen LogP contribution in [0.15, 0.2) is 12.1 Å². The molecule has 0 saturated heterocycles. The summed E-state index contributed by atoms with van der Waals surface area (Å²) in [6.07, 6.45) is -4.39. The van der Waals surface area contributed by atoms with E-state index in [1.807, 2.05) is 13.0 Å². The third-order valence-electron chi connectivity index (χ3n) is 2.84. The zero-order valence-electron chi connectivity index (χ0n) is 9.57. The highest BCUT2D eigenvalue weighted by atomic mass is 19.4. The molecule has 0 aliphatic heterocycles. The van der Waals surface area contributed by atoms with Crippen molar-refractivity contribution < 1.29 is 13.2 Å². The van der Waals surface area contributed by atoms with Crippen molar-refractivity contribution >= 4 is 10.9 Å². The van der Waals surface area contributed by atoms with Gasteiger partial charge in [-0.05, 0) is 25.5 Å². The van der Waals surface area contributed by atoms with Crippen LogP contribution in [-0.2, 0) is 12.7 Å². The Hall–Kier alpha value is -1.49. The highest BCUT2D eigenvalue weighted by molar-refractivity contribution is 5.88. The Kier molecular flexibility index (Phi) is 2.66. The molecule has 0 spiro atoms. The van der Waals surface area contributed by atoms with Gasteiger partial charge in [0.05, 0.1) is 0 Å². The number of nitrogens with two attached hydrogens (primary N) is 1. The van der Waals surface area contributed by atoms with Gasteiger partial charge in [-0.15, -0.1) is 0 Å². The molecule has 1 heterocycles. The van der Waals surface area contributed by atoms with Crippen molar-refractivity contribution in [2.24, 2.45) is 5.73 Å². The zero-order chi connectivity index (χ0) is 12.8. The maximum absolute atomic E-state index is 12.8. The SMILES string of the molecule is Cc1cc(C)c2[nH]c(C(F)(F)F)c(CN)c2c1. The summed E-state index contributed by atoms with van der Waals surface area (Å²) in [5, 5.41) is 0.567. The van der Waals surface area contributed by atoms with Crippen LogP contribution in [0, 0.1) is 13.8 Å². The van der Waals surface area contributed by atoms with E-state index in [0.717, 1.165) is 11.1 Å². The van der Waals surface area contributed by atoms with Crippen molar-refractivity contribution in [2.75, 3.05) is 0 Å². The number of fused-ring (bicyclic) bond motifs is 1. The van der Waals surface area contributed by atoms with Crippen LogP contribution < -0.4 is 5.73 Å². The highest BCUT2D eigenvalue weighted by Crippen LogP contribution is 2.36. The minimum atomic E-state index is -4.39. The van der Waals surface area contributed by atoms with Crippen LogP contribution in [0.5, 0.6) is 0 Å². The topological polar surface area (TPSA) is 41.8 Å². The fourth-order valence-electron chi connectivity index (χ4n) is 2.16. The van der Waals surface area contributed by atoms with Gasteiger partial charge in [0.2, 0.25) is 0 Å². The molecule has 1 aromatic heterocycles. The third-order valence-corrected chi connectivity index (χ3v) is 2.84. The van der Waals surface area contributed by atoms with E-state index < -0.39 is 11.9 Å². The number of nitrogens with one attached hydrogen (secondary N) is 1. The average molecular weight is 242 g/mol. The van der Waals surface area contributed by atoms with Crippen molar-refractivity contribution in [3.63, 3.8) is 0 Å². The molecule has 0 radical (unpaired) electrons. The van der Waals surface area contributed by atoms with Gasteiger partial charge in [0.25, 0.3) is 0 Å². The van der Waals surface area contributed by atoms with Gasteiger partial charge in [-0.3, -0.25) is 0 Å². The Morgan fingerprint density at radius 2 is 1.88 bits per heavy atom. The van der Waals surface area contributed by atoms with Crippen LogP contribution >= 0.6 is 0 Å². The highest BCUT2D eigenvalue weighted by Gasteiger charge is 2.36. The second kappa shape index (κ2) is 3.77. The van der Waals surface area contributed by atoms with Crippen LogP contribution in [0.2, 0.25) is 0 Å². The Morgan fingerprint density at radius 1 is 1.24 bits per heavy atom. The number of aryl methyl sites for hydroxylation is 2. The first kappa shape index (κ1) is 12.0. The number of halogens is 3. The number of hydrogen-bond acceptors (Lipinski definition) is 1. The molecule has 17 heavy (non-hydrogen) atoms. The van der Waals surface area contributed by atoms with Gasteiger partial charge in [-0.2, -0.15) is 13.2 Å². The van der Waals surface area contributed by atoms with Gasteiger partial charge in [-0.25, -0.2) is 0 Å². The van der Waals surface area contributed by atoms with E-state index in [9.17, 15) is 13.2 Å². The van der Waals surface area contributed by atoms with E-state index in [4.69, 9.17) is 5.73 Å². The first-order chi connectivity index (χ1) is 7.84. The van der Waals surface area contributed by atoms with E-state index >= 15 is 0 Å². The van der Waals surface area contributed by atoms with E-state index in [2.05, 4.69) is 4.98 Å². The molecule has 2 aromatic rings. The molecule has 0 aliphatic carbocycles. The standard InChI is InChI=1S/C12H13F3N2/c1-6-3-7(2)10-8(4-6)9(5-16)11(17-10)12(13,14)15/h3-4,17H,5,16H2,1-2H3. The smallest absolute Gasteiger partial charge is 0.351 e. The monoisotopic (exact) mass is 242 g/mol. The average Bonchev–Trinajstić information content (AvgIpc) is 2.55. The second-order valence-electron chi connectivity index (χ2n) is 4.18. The number of H-pyrrole nitrogens is 1. The van der Waals surface area contributed by atoms with E-state index in [0.29, 0.717) is 10.9 Å². The molecule has 0 atom stereocenters. The number of aromatic amines is 1. The van der Waals surface area contributed by atoms with Crippen molar-refractivity contribution in [1.29, 1.82) is 0 Å². The summed E-state index contributed by atoms with van der Waals surface area (Å²) in [7, 11) is 0. The lowest BCUT2D eigenvalue weighted by Gasteiger charge is -2.06. The van der Waals surface area contributed by atoms with Crippen LogP contribution in [-0.4, -0.2) is 4.98 Å². The molecular weight excluding hydrogens is 229 g/mol. The summed E-state index contributed by atoms with van der Waals surface area (Å²) in [5.41, 5.74) is 7.09. The maximum atomic E-state index is 12.8. The fraction of sp³-hybridized carbons (Fsp3) is 0.333. The van der Waals surface area contributed by atoms with Gasteiger partial charge >= 0.3 is 6.18 Å². The molecule has 3 N–H and O–H groups in total. The Balaban J connectivity index is 2.85. The largest absolute Gasteiger partial charge is 0.431 e. The predicted molar refractivity (Wildman–Crippen MR) is 60.7 cm³/mol. The lowest BCUT2D eigenvalue weighted by Crippen LogP contribution is -2.11. The second-order valence-corrected chi connectivity index (χ2v) is 4.18. The van der Waals surface area contributed by atoms with Crippen LogP contribution in [0.4, 0.5) is 13.2 Å². The molecule has 5 heteroatoms. The molecule has 0 fully saturated rings. The van der Waals surface area contributed by atoms with Gasteiger partial charge in [0.1, 0.15) is 5.69 Å². The number of alkyl halides is 3. The normalized spacial score (nSPS) is 12.4. The lowest BCUT2D eigenvalue weighted by atomic mass is 10.0. The molecule has 0 aliphatic rings. The van der Waals surface area contributed by atoms with E-state index in [-0.39, 0.29) is 12.1 Å². The number of benzene rings is 1. The third kappa shape index (κ3) is 1.91. The summed E-state index contributed by atoms with van der Waals surface area (Å²) < 4.78 is 38.5. The van der Waals surface area contributed by atoms with Gasteiger partial charge in [0.15, 0.2) is 0 Å². The Labute approximate surface area is 96.6 Å². The maximum Gasteiger partial charge on any atom is 0.431 e. The quantitative estimate of drug-likeness (QED) is 0.791. The zero-order valence-corrected chi connectivity index (χ0v) is 9.57. The predicted octanol–water partition coefficient (Wildman–Crippen LogP) is 3.26. The van der Waals surface area contributed by atoms with E-state index in [1.165, 1.54) is 0 Å². The summed E-state index contributed by atoms with van der Waals surface area (Å²) in [5.74, 6) is 0. The Morgan fingerprint density at radius 3 is 2.41 bits per heavy atom. The minimum Gasteiger partial charge on any atom is -0.351 e. The van der Waals surface area contributed by atoms with Gasteiger partial charge in [0, 0.05) is 23.0 Å². The van der Waals surface area contributed by atoms with Crippen LogP contribution in [0.1, 0.15) is 22.4 Å². The first-order valence-corrected chi connectivity index (χ1v) is 5.23. The molecule has 0 amide bonds. The van der Waals surface area contributed by atoms with Crippen molar-refractivity contribution in [1.82, 2.24) is 4.98 Å². The number of hydrogen-bond donors (Lipinski definition) is 2. The lowest BCUT2D eigenvalue weighted by molar-refractivity contribution is -0.141. The molecule has 2 rings (SSSR count). The molecule has 92 valence electrons. The number of rotatable bonds is 1. The van der Waals surface area contributed by atoms with Crippen molar-refractivity contribution in [3.8, 4) is 0 Å². The summed E-state index contributed by atoms with van der Waals surface area (Å²) in [6, 6.07) is 3.58. The molecule has 0 bridgehead atoms. The molecule has 2 nitrogen and oxygen atoms in total. The summed E-state index contributed by atoms with van der Waals surface area (Å²) in [4.78, 5) is 2.45. The molecule has 1 aromatic carbocycles. The van der Waals surface area contributed by atoms with Crippen LogP contribution in [0.3, 0.4) is 0 Å². The molecular formula is C12H13F3N2. The van der Waals surface area contributed by atoms with Gasteiger partial charge in [-0.1, -0.05) is 11.6 Å². The molecule has 0 unspecified atom stereocenters. The summed E-state index contributed by atoms with van der Waals surface area (Å²) in [6.45, 7) is 3.51.